The smallest absolute Gasteiger partial charge is 0.258 e. The van der Waals surface area contributed by atoms with E-state index in [2.05, 4.69) is 5.10 Å². The van der Waals surface area contributed by atoms with Crippen LogP contribution in [0.15, 0.2) is 35.4 Å². The van der Waals surface area contributed by atoms with Gasteiger partial charge in [0.25, 0.3) is 5.91 Å². The van der Waals surface area contributed by atoms with Gasteiger partial charge in [0.2, 0.25) is 0 Å². The van der Waals surface area contributed by atoms with Crippen molar-refractivity contribution < 1.29 is 14.7 Å². The van der Waals surface area contributed by atoms with Gasteiger partial charge in [-0.25, -0.2) is 5.01 Å². The summed E-state index contributed by atoms with van der Waals surface area (Å²) in [7, 11) is 0. The lowest BCUT2D eigenvalue weighted by atomic mass is 9.94. The average molecular weight is 275 g/mol. The molecule has 2 aliphatic heterocycles. The Balaban J connectivity index is 1.85. The van der Waals surface area contributed by atoms with Crippen LogP contribution in [-0.4, -0.2) is 47.7 Å². The Kier molecular flexibility index (Phi) is 3.52. The molecule has 1 aromatic rings. The number of morpholine rings is 1. The van der Waals surface area contributed by atoms with Gasteiger partial charge >= 0.3 is 0 Å². The minimum absolute atomic E-state index is 0.122. The van der Waals surface area contributed by atoms with E-state index in [4.69, 9.17) is 4.74 Å². The highest BCUT2D eigenvalue weighted by molar-refractivity contribution is 6.15. The second-order valence-corrected chi connectivity index (χ2v) is 5.01. The fraction of sp³-hybridized carbons (Fsp3) is 0.429. The van der Waals surface area contributed by atoms with Crippen molar-refractivity contribution in [2.45, 2.75) is 13.0 Å². The van der Waals surface area contributed by atoms with Crippen LogP contribution in [0.4, 0.5) is 5.69 Å². The molecular formula is C14H17N3O3. The lowest BCUT2D eigenvalue weighted by molar-refractivity contribution is -0.189. The van der Waals surface area contributed by atoms with Crippen molar-refractivity contribution in [1.29, 1.82) is 0 Å². The maximum Gasteiger partial charge on any atom is 0.258 e. The molecule has 6 heteroatoms. The molecule has 2 atom stereocenters. The van der Waals surface area contributed by atoms with E-state index in [9.17, 15) is 10.0 Å². The number of hydrazone groups is 1. The minimum atomic E-state index is -0.458. The van der Waals surface area contributed by atoms with E-state index in [0.29, 0.717) is 25.5 Å². The lowest BCUT2D eigenvalue weighted by Crippen LogP contribution is -2.51. The SMILES string of the molecule is CC1=NN(c2ccccc2)C(=O)C1C1COCCN1O. The van der Waals surface area contributed by atoms with Gasteiger partial charge < -0.3 is 9.94 Å². The highest BCUT2D eigenvalue weighted by atomic mass is 16.5. The van der Waals surface area contributed by atoms with Crippen LogP contribution in [0.25, 0.3) is 0 Å². The van der Waals surface area contributed by atoms with Gasteiger partial charge in [0.15, 0.2) is 0 Å². The molecule has 1 aromatic carbocycles. The molecule has 2 unspecified atom stereocenters. The van der Waals surface area contributed by atoms with Crippen LogP contribution < -0.4 is 5.01 Å². The monoisotopic (exact) mass is 275 g/mol. The fourth-order valence-electron chi connectivity index (χ4n) is 2.66. The van der Waals surface area contributed by atoms with E-state index in [0.717, 1.165) is 5.69 Å². The Morgan fingerprint density at radius 2 is 2.10 bits per heavy atom. The van der Waals surface area contributed by atoms with Crippen molar-refractivity contribution in [3.8, 4) is 0 Å². The summed E-state index contributed by atoms with van der Waals surface area (Å²) in [6, 6.07) is 8.93. The summed E-state index contributed by atoms with van der Waals surface area (Å²) in [6.07, 6.45) is 0. The number of hydroxylamine groups is 2. The number of para-hydroxylation sites is 1. The van der Waals surface area contributed by atoms with Gasteiger partial charge in [0.05, 0.1) is 30.7 Å². The number of rotatable bonds is 2. The molecule has 0 spiro atoms. The Bertz CT molecular complexity index is 532. The highest BCUT2D eigenvalue weighted by Gasteiger charge is 2.43. The number of anilines is 1. The third-order valence-corrected chi connectivity index (χ3v) is 3.70. The molecule has 2 aliphatic rings. The van der Waals surface area contributed by atoms with Gasteiger partial charge in [-0.15, -0.1) is 0 Å². The summed E-state index contributed by atoms with van der Waals surface area (Å²) in [5.74, 6) is -0.580. The van der Waals surface area contributed by atoms with E-state index < -0.39 is 5.92 Å². The van der Waals surface area contributed by atoms with Crippen molar-refractivity contribution >= 4 is 17.3 Å². The van der Waals surface area contributed by atoms with Gasteiger partial charge in [0.1, 0.15) is 5.92 Å². The Hall–Kier alpha value is -1.76. The second-order valence-electron chi connectivity index (χ2n) is 5.01. The fourth-order valence-corrected chi connectivity index (χ4v) is 2.66. The molecule has 0 saturated carbocycles. The van der Waals surface area contributed by atoms with Gasteiger partial charge in [-0.1, -0.05) is 18.2 Å². The van der Waals surface area contributed by atoms with Crippen LogP contribution in [0.1, 0.15) is 6.92 Å². The predicted octanol–water partition coefficient (Wildman–Crippen LogP) is 1.12. The topological polar surface area (TPSA) is 65.4 Å². The molecule has 3 rings (SSSR count). The summed E-state index contributed by atoms with van der Waals surface area (Å²) >= 11 is 0. The molecule has 1 fully saturated rings. The minimum Gasteiger partial charge on any atom is -0.378 e. The molecule has 1 N–H and O–H groups in total. The van der Waals surface area contributed by atoms with Crippen LogP contribution in [0.5, 0.6) is 0 Å². The zero-order valence-electron chi connectivity index (χ0n) is 11.3. The molecule has 1 saturated heterocycles. The third kappa shape index (κ3) is 2.22. The number of carbonyl (C=O) groups excluding carboxylic acids is 1. The average Bonchev–Trinajstić information content (AvgIpc) is 2.76. The third-order valence-electron chi connectivity index (χ3n) is 3.70. The predicted molar refractivity (Wildman–Crippen MR) is 73.6 cm³/mol. The number of amides is 1. The van der Waals surface area contributed by atoms with Crippen LogP contribution in [0, 0.1) is 5.92 Å². The van der Waals surface area contributed by atoms with Gasteiger partial charge in [-0.3, -0.25) is 4.79 Å². The summed E-state index contributed by atoms with van der Waals surface area (Å²) < 4.78 is 5.38. The lowest BCUT2D eigenvalue weighted by Gasteiger charge is -2.33. The Morgan fingerprint density at radius 3 is 2.80 bits per heavy atom. The largest absolute Gasteiger partial charge is 0.378 e. The number of carbonyl (C=O) groups is 1. The maximum atomic E-state index is 12.6. The molecule has 0 aliphatic carbocycles. The number of hydrogen-bond acceptors (Lipinski definition) is 5. The first-order valence-electron chi connectivity index (χ1n) is 6.66. The number of ether oxygens (including phenoxy) is 1. The van der Waals surface area contributed by atoms with Gasteiger partial charge in [-0.05, 0) is 19.1 Å². The van der Waals surface area contributed by atoms with Crippen molar-refractivity contribution in [3.05, 3.63) is 30.3 Å². The van der Waals surface area contributed by atoms with Crippen LogP contribution in [0.3, 0.4) is 0 Å². The summed E-state index contributed by atoms with van der Waals surface area (Å²) in [5, 5.41) is 16.9. The molecule has 20 heavy (non-hydrogen) atoms. The van der Waals surface area contributed by atoms with Crippen LogP contribution in [0.2, 0.25) is 0 Å². The normalized spacial score (nSPS) is 27.8. The van der Waals surface area contributed by atoms with Gasteiger partial charge in [0, 0.05) is 6.54 Å². The molecule has 0 bridgehead atoms. The highest BCUT2D eigenvalue weighted by Crippen LogP contribution is 2.28. The standard InChI is InChI=1S/C14H17N3O3/c1-10-13(12-9-20-8-7-16(12)19)14(18)17(15-10)11-5-3-2-4-6-11/h2-6,12-13,19H,7-9H2,1H3. The first-order chi connectivity index (χ1) is 9.68. The Morgan fingerprint density at radius 1 is 1.35 bits per heavy atom. The number of hydrogen-bond donors (Lipinski definition) is 1. The van der Waals surface area contributed by atoms with E-state index >= 15 is 0 Å². The van der Waals surface area contributed by atoms with Crippen molar-refractivity contribution in [2.24, 2.45) is 11.0 Å². The molecule has 1 amide bonds. The van der Waals surface area contributed by atoms with E-state index in [1.807, 2.05) is 37.3 Å². The number of nitrogens with zero attached hydrogens (tertiary/aromatic N) is 3. The first kappa shape index (κ1) is 13.2. The Labute approximate surface area is 117 Å². The van der Waals surface area contributed by atoms with Crippen molar-refractivity contribution in [3.63, 3.8) is 0 Å². The molecule has 0 radical (unpaired) electrons. The van der Waals surface area contributed by atoms with Gasteiger partial charge in [-0.2, -0.15) is 10.2 Å². The second kappa shape index (κ2) is 5.32. The summed E-state index contributed by atoms with van der Waals surface area (Å²) in [5.41, 5.74) is 1.44. The molecule has 2 heterocycles. The van der Waals surface area contributed by atoms with E-state index in [1.54, 1.807) is 0 Å². The number of benzene rings is 1. The first-order valence-corrected chi connectivity index (χ1v) is 6.66. The molecule has 106 valence electrons. The van der Waals surface area contributed by atoms with Crippen molar-refractivity contribution in [2.75, 3.05) is 24.8 Å². The zero-order chi connectivity index (χ0) is 14.1. The van der Waals surface area contributed by atoms with Crippen molar-refractivity contribution in [1.82, 2.24) is 5.06 Å². The maximum absolute atomic E-state index is 12.6. The van der Waals surface area contributed by atoms with Crippen LogP contribution >= 0.6 is 0 Å². The summed E-state index contributed by atoms with van der Waals surface area (Å²) in [6.45, 7) is 3.04. The molecule has 6 nitrogen and oxygen atoms in total. The zero-order valence-corrected chi connectivity index (χ0v) is 11.3. The quantitative estimate of drug-likeness (QED) is 0.878. The van der Waals surface area contributed by atoms with Crippen LogP contribution in [-0.2, 0) is 9.53 Å². The van der Waals surface area contributed by atoms with E-state index in [-0.39, 0.29) is 11.9 Å². The molecule has 0 aromatic heterocycles. The summed E-state index contributed by atoms with van der Waals surface area (Å²) in [4.78, 5) is 12.6. The van der Waals surface area contributed by atoms with E-state index in [1.165, 1.54) is 10.1 Å². The molecular weight excluding hydrogens is 258 g/mol.